The highest BCUT2D eigenvalue weighted by atomic mass is 16.5. The topological polar surface area (TPSA) is 29.5 Å². The van der Waals surface area contributed by atoms with Crippen molar-refractivity contribution >= 4 is 21.5 Å². The van der Waals surface area contributed by atoms with E-state index in [2.05, 4.69) is 19.1 Å². The first-order valence-corrected chi connectivity index (χ1v) is 7.98. The molecule has 0 saturated heterocycles. The molecule has 4 aromatic carbocycles. The van der Waals surface area contributed by atoms with Crippen molar-refractivity contribution in [3.8, 4) is 22.6 Å². The molecule has 2 nitrogen and oxygen atoms in total. The van der Waals surface area contributed by atoms with E-state index in [1.807, 2.05) is 54.6 Å². The van der Waals surface area contributed by atoms with Crippen LogP contribution < -0.4 is 4.74 Å². The smallest absolute Gasteiger partial charge is 0.131 e. The lowest BCUT2D eigenvalue weighted by Gasteiger charge is -2.16. The van der Waals surface area contributed by atoms with Crippen molar-refractivity contribution in [3.05, 3.63) is 72.3 Å². The molecule has 0 aliphatic heterocycles. The zero-order valence-electron chi connectivity index (χ0n) is 13.7. The third-order valence-electron chi connectivity index (χ3n) is 4.60. The van der Waals surface area contributed by atoms with Gasteiger partial charge >= 0.3 is 0 Å². The number of phenolic OH excluding ortho intramolecular Hbond substituents is 1. The molecule has 0 radical (unpaired) electrons. The van der Waals surface area contributed by atoms with Gasteiger partial charge < -0.3 is 9.84 Å². The summed E-state index contributed by atoms with van der Waals surface area (Å²) in [7, 11) is 1.67. The molecule has 0 unspecified atom stereocenters. The van der Waals surface area contributed by atoms with Gasteiger partial charge in [0.25, 0.3) is 0 Å². The highest BCUT2D eigenvalue weighted by Crippen LogP contribution is 2.44. The van der Waals surface area contributed by atoms with Gasteiger partial charge in [-0.1, -0.05) is 54.6 Å². The minimum Gasteiger partial charge on any atom is -0.507 e. The number of aromatic hydroxyl groups is 1. The van der Waals surface area contributed by atoms with Gasteiger partial charge in [-0.2, -0.15) is 0 Å². The Kier molecular flexibility index (Phi) is 3.39. The highest BCUT2D eigenvalue weighted by molar-refractivity contribution is 6.05. The first kappa shape index (κ1) is 14.6. The Hall–Kier alpha value is -3.00. The SMILES string of the molecule is COc1ccc2ccccc2c1-c1cc(C)c2ccccc2c1O. The van der Waals surface area contributed by atoms with Crippen LogP contribution in [0.4, 0.5) is 0 Å². The van der Waals surface area contributed by atoms with Crippen LogP contribution in [0.3, 0.4) is 0 Å². The van der Waals surface area contributed by atoms with Gasteiger partial charge in [-0.25, -0.2) is 0 Å². The van der Waals surface area contributed by atoms with E-state index in [0.717, 1.165) is 44.0 Å². The van der Waals surface area contributed by atoms with E-state index < -0.39 is 0 Å². The molecule has 0 aliphatic carbocycles. The molecule has 0 saturated carbocycles. The summed E-state index contributed by atoms with van der Waals surface area (Å²) in [5.74, 6) is 1.06. The number of rotatable bonds is 2. The predicted molar refractivity (Wildman–Crippen MR) is 99.8 cm³/mol. The Labute approximate surface area is 140 Å². The Bertz CT molecular complexity index is 1060. The molecule has 4 aromatic rings. The first-order chi connectivity index (χ1) is 11.7. The van der Waals surface area contributed by atoms with E-state index in [4.69, 9.17) is 4.74 Å². The van der Waals surface area contributed by atoms with Crippen LogP contribution in [0.5, 0.6) is 11.5 Å². The normalized spacial score (nSPS) is 11.1. The quantitative estimate of drug-likeness (QED) is 0.515. The van der Waals surface area contributed by atoms with Crippen molar-refractivity contribution in [1.29, 1.82) is 0 Å². The summed E-state index contributed by atoms with van der Waals surface area (Å²) in [6.07, 6.45) is 0. The van der Waals surface area contributed by atoms with Gasteiger partial charge in [0.2, 0.25) is 0 Å². The molecule has 118 valence electrons. The number of methoxy groups -OCH3 is 1. The van der Waals surface area contributed by atoms with Crippen molar-refractivity contribution in [2.45, 2.75) is 6.92 Å². The molecule has 0 aromatic heterocycles. The summed E-state index contributed by atoms with van der Waals surface area (Å²) < 4.78 is 5.60. The van der Waals surface area contributed by atoms with Gasteiger partial charge in [0, 0.05) is 16.5 Å². The lowest BCUT2D eigenvalue weighted by Crippen LogP contribution is -1.92. The van der Waals surface area contributed by atoms with Gasteiger partial charge in [-0.15, -0.1) is 0 Å². The number of hydrogen-bond acceptors (Lipinski definition) is 2. The maximum atomic E-state index is 11.0. The molecule has 2 heteroatoms. The third kappa shape index (κ3) is 2.11. The second kappa shape index (κ2) is 5.57. The highest BCUT2D eigenvalue weighted by Gasteiger charge is 2.17. The van der Waals surface area contributed by atoms with Gasteiger partial charge in [0.05, 0.1) is 7.11 Å². The van der Waals surface area contributed by atoms with Crippen LogP contribution in [0.15, 0.2) is 66.7 Å². The van der Waals surface area contributed by atoms with Crippen LogP contribution in [0.25, 0.3) is 32.7 Å². The number of hydrogen-bond donors (Lipinski definition) is 1. The molecule has 0 heterocycles. The van der Waals surface area contributed by atoms with Crippen LogP contribution in [0, 0.1) is 6.92 Å². The van der Waals surface area contributed by atoms with Crippen LogP contribution in [-0.2, 0) is 0 Å². The Balaban J connectivity index is 2.15. The largest absolute Gasteiger partial charge is 0.507 e. The molecule has 4 rings (SSSR count). The third-order valence-corrected chi connectivity index (χ3v) is 4.60. The molecule has 0 atom stereocenters. The van der Waals surface area contributed by atoms with Crippen molar-refractivity contribution in [3.63, 3.8) is 0 Å². The Morgan fingerprint density at radius 2 is 1.46 bits per heavy atom. The van der Waals surface area contributed by atoms with Crippen molar-refractivity contribution in [1.82, 2.24) is 0 Å². The summed E-state index contributed by atoms with van der Waals surface area (Å²) in [5, 5.41) is 15.1. The fraction of sp³-hybridized carbons (Fsp3) is 0.0909. The van der Waals surface area contributed by atoms with Crippen LogP contribution in [0.1, 0.15) is 5.56 Å². The van der Waals surface area contributed by atoms with E-state index >= 15 is 0 Å². The summed E-state index contributed by atoms with van der Waals surface area (Å²) in [5.41, 5.74) is 2.87. The molecule has 0 spiro atoms. The van der Waals surface area contributed by atoms with Gasteiger partial charge in [0.15, 0.2) is 0 Å². The first-order valence-electron chi connectivity index (χ1n) is 7.98. The zero-order chi connectivity index (χ0) is 16.7. The zero-order valence-corrected chi connectivity index (χ0v) is 13.7. The lowest BCUT2D eigenvalue weighted by atomic mass is 9.92. The van der Waals surface area contributed by atoms with Crippen LogP contribution in [-0.4, -0.2) is 12.2 Å². The maximum absolute atomic E-state index is 11.0. The molecular weight excluding hydrogens is 296 g/mol. The summed E-state index contributed by atoms with van der Waals surface area (Å²) in [6.45, 7) is 2.07. The average molecular weight is 314 g/mol. The van der Waals surface area contributed by atoms with Gasteiger partial charge in [0.1, 0.15) is 11.5 Å². The number of benzene rings is 4. The summed E-state index contributed by atoms with van der Waals surface area (Å²) in [6, 6.07) is 22.2. The van der Waals surface area contributed by atoms with Crippen molar-refractivity contribution in [2.75, 3.05) is 7.11 Å². The van der Waals surface area contributed by atoms with Gasteiger partial charge in [-0.05, 0) is 40.8 Å². The minimum absolute atomic E-state index is 0.297. The van der Waals surface area contributed by atoms with Crippen LogP contribution >= 0.6 is 0 Å². The average Bonchev–Trinajstić information content (AvgIpc) is 2.64. The Morgan fingerprint density at radius 3 is 2.21 bits per heavy atom. The minimum atomic E-state index is 0.297. The van der Waals surface area contributed by atoms with Crippen LogP contribution in [0.2, 0.25) is 0 Å². The predicted octanol–water partition coefficient (Wildman–Crippen LogP) is 5.68. The maximum Gasteiger partial charge on any atom is 0.131 e. The number of aryl methyl sites for hydroxylation is 1. The van der Waals surface area contributed by atoms with E-state index in [-0.39, 0.29) is 0 Å². The molecular formula is C22H18O2. The van der Waals surface area contributed by atoms with E-state index in [1.165, 1.54) is 0 Å². The number of phenols is 1. The van der Waals surface area contributed by atoms with E-state index in [9.17, 15) is 5.11 Å². The van der Waals surface area contributed by atoms with Crippen molar-refractivity contribution < 1.29 is 9.84 Å². The van der Waals surface area contributed by atoms with Gasteiger partial charge in [-0.3, -0.25) is 0 Å². The molecule has 24 heavy (non-hydrogen) atoms. The standard InChI is InChI=1S/C22H18O2/c1-14-13-19(22(23)18-10-6-5-8-16(14)18)21-17-9-4-3-7-15(17)11-12-20(21)24-2/h3-13,23H,1-2H3. The second-order valence-corrected chi connectivity index (χ2v) is 6.00. The number of ether oxygens (including phenoxy) is 1. The second-order valence-electron chi connectivity index (χ2n) is 6.00. The number of fused-ring (bicyclic) bond motifs is 2. The summed E-state index contributed by atoms with van der Waals surface area (Å²) in [4.78, 5) is 0. The van der Waals surface area contributed by atoms with E-state index in [0.29, 0.717) is 5.75 Å². The Morgan fingerprint density at radius 1 is 0.792 bits per heavy atom. The fourth-order valence-electron chi connectivity index (χ4n) is 3.43. The molecule has 0 aliphatic rings. The lowest BCUT2D eigenvalue weighted by molar-refractivity contribution is 0.416. The fourth-order valence-corrected chi connectivity index (χ4v) is 3.43. The van der Waals surface area contributed by atoms with Crippen molar-refractivity contribution in [2.24, 2.45) is 0 Å². The van der Waals surface area contributed by atoms with E-state index in [1.54, 1.807) is 7.11 Å². The molecule has 0 bridgehead atoms. The molecule has 0 amide bonds. The molecule has 1 N–H and O–H groups in total. The monoisotopic (exact) mass is 314 g/mol. The molecule has 0 fully saturated rings. The summed E-state index contributed by atoms with van der Waals surface area (Å²) >= 11 is 0.